The van der Waals surface area contributed by atoms with Crippen LogP contribution in [0.5, 0.6) is 0 Å². The Morgan fingerprint density at radius 2 is 1.92 bits per heavy atom. The van der Waals surface area contributed by atoms with Gasteiger partial charge >= 0.3 is 0 Å². The number of nitro groups is 1. The molecule has 0 aliphatic carbocycles. The van der Waals surface area contributed by atoms with Crippen molar-refractivity contribution in [3.63, 3.8) is 0 Å². The molecule has 118 valence electrons. The number of hydrogen-bond donors (Lipinski definition) is 0. The summed E-state index contributed by atoms with van der Waals surface area (Å²) in [6, 6.07) is 16.0. The zero-order valence-electron chi connectivity index (χ0n) is 12.6. The van der Waals surface area contributed by atoms with Gasteiger partial charge in [-0.3, -0.25) is 10.1 Å². The Kier molecular flexibility index (Phi) is 3.35. The maximum atomic E-state index is 10.9. The van der Waals surface area contributed by atoms with Crippen molar-refractivity contribution in [2.75, 3.05) is 0 Å². The van der Waals surface area contributed by atoms with E-state index in [-0.39, 0.29) is 11.7 Å². The first-order valence-electron chi connectivity index (χ1n) is 7.42. The van der Waals surface area contributed by atoms with Gasteiger partial charge in [0.15, 0.2) is 0 Å². The fourth-order valence-electron chi connectivity index (χ4n) is 2.82. The van der Waals surface area contributed by atoms with Crippen LogP contribution in [0, 0.1) is 10.1 Å². The third-order valence-electron chi connectivity index (χ3n) is 3.96. The van der Waals surface area contributed by atoms with Crippen LogP contribution in [0.1, 0.15) is 17.4 Å². The van der Waals surface area contributed by atoms with E-state index < -0.39 is 4.92 Å². The van der Waals surface area contributed by atoms with Crippen molar-refractivity contribution < 1.29 is 9.34 Å². The van der Waals surface area contributed by atoms with Crippen molar-refractivity contribution in [1.29, 1.82) is 0 Å². The molecular weight excluding hydrogens is 306 g/mol. The molecule has 0 amide bonds. The average molecular weight is 319 g/mol. The maximum absolute atomic E-state index is 10.9. The first kappa shape index (κ1) is 14.2. The quantitative estimate of drug-likeness (QED) is 0.418. The van der Waals surface area contributed by atoms with Crippen LogP contribution in [0.3, 0.4) is 0 Å². The lowest BCUT2D eigenvalue weighted by Gasteiger charge is -2.16. The van der Waals surface area contributed by atoms with Crippen molar-refractivity contribution in [3.05, 3.63) is 94.8 Å². The first-order valence-corrected chi connectivity index (χ1v) is 7.42. The van der Waals surface area contributed by atoms with Crippen LogP contribution in [0.25, 0.3) is 11.0 Å². The number of nitro benzene ring substituents is 1. The molecule has 0 aliphatic rings. The molecule has 4 rings (SSSR count). The standard InChI is InChI=1S/C18H13N3O3/c22-21(23)15-7-5-13(6-8-15)18(20-10-9-19-12-20)17-11-14-3-1-2-4-16(14)24-17/h1-12,18H. The van der Waals surface area contributed by atoms with Gasteiger partial charge in [0.05, 0.1) is 11.3 Å². The van der Waals surface area contributed by atoms with Gasteiger partial charge in [-0.25, -0.2) is 4.98 Å². The maximum Gasteiger partial charge on any atom is 0.269 e. The lowest BCUT2D eigenvalue weighted by Crippen LogP contribution is -2.09. The molecule has 0 saturated heterocycles. The molecule has 6 heteroatoms. The van der Waals surface area contributed by atoms with E-state index in [9.17, 15) is 10.1 Å². The van der Waals surface area contributed by atoms with Gasteiger partial charge in [0.2, 0.25) is 0 Å². The van der Waals surface area contributed by atoms with E-state index in [1.54, 1.807) is 24.7 Å². The Bertz CT molecular complexity index is 955. The summed E-state index contributed by atoms with van der Waals surface area (Å²) in [5, 5.41) is 11.9. The topological polar surface area (TPSA) is 74.1 Å². The van der Waals surface area contributed by atoms with Gasteiger partial charge in [-0.05, 0) is 29.8 Å². The molecule has 0 aliphatic heterocycles. The van der Waals surface area contributed by atoms with E-state index in [0.717, 1.165) is 22.3 Å². The Hall–Kier alpha value is -3.41. The second-order valence-corrected chi connectivity index (χ2v) is 5.45. The van der Waals surface area contributed by atoms with Crippen LogP contribution >= 0.6 is 0 Å². The minimum atomic E-state index is -0.406. The molecule has 0 spiro atoms. The minimum Gasteiger partial charge on any atom is -0.458 e. The molecule has 0 saturated carbocycles. The van der Waals surface area contributed by atoms with Gasteiger partial charge < -0.3 is 8.98 Å². The number of fused-ring (bicyclic) bond motifs is 1. The van der Waals surface area contributed by atoms with Crippen molar-refractivity contribution in [3.8, 4) is 0 Å². The molecule has 6 nitrogen and oxygen atoms in total. The zero-order chi connectivity index (χ0) is 16.5. The molecule has 24 heavy (non-hydrogen) atoms. The number of aromatic nitrogens is 2. The fourth-order valence-corrected chi connectivity index (χ4v) is 2.82. The molecule has 0 bridgehead atoms. The minimum absolute atomic E-state index is 0.0627. The molecule has 0 radical (unpaired) electrons. The summed E-state index contributed by atoms with van der Waals surface area (Å²) in [6.07, 6.45) is 5.25. The van der Waals surface area contributed by atoms with Gasteiger partial charge in [0, 0.05) is 29.9 Å². The molecule has 1 unspecified atom stereocenters. The third-order valence-corrected chi connectivity index (χ3v) is 3.96. The number of non-ortho nitro benzene ring substituents is 1. The Morgan fingerprint density at radius 1 is 1.12 bits per heavy atom. The number of para-hydroxylation sites is 1. The van der Waals surface area contributed by atoms with Gasteiger partial charge in [-0.15, -0.1) is 0 Å². The number of hydrogen-bond acceptors (Lipinski definition) is 4. The highest BCUT2D eigenvalue weighted by Gasteiger charge is 2.21. The molecule has 2 heterocycles. The van der Waals surface area contributed by atoms with E-state index in [1.165, 1.54) is 12.1 Å². The monoisotopic (exact) mass is 319 g/mol. The van der Waals surface area contributed by atoms with Crippen molar-refractivity contribution in [1.82, 2.24) is 9.55 Å². The first-order chi connectivity index (χ1) is 11.7. The van der Waals surface area contributed by atoms with Crippen LogP contribution in [0.4, 0.5) is 5.69 Å². The SMILES string of the molecule is O=[N+]([O-])c1ccc(C(c2cc3ccccc3o2)n2ccnc2)cc1. The summed E-state index contributed by atoms with van der Waals surface area (Å²) < 4.78 is 7.92. The largest absolute Gasteiger partial charge is 0.458 e. The van der Waals surface area contributed by atoms with E-state index in [4.69, 9.17) is 4.42 Å². The highest BCUT2D eigenvalue weighted by atomic mass is 16.6. The number of benzene rings is 2. The highest BCUT2D eigenvalue weighted by molar-refractivity contribution is 5.78. The summed E-state index contributed by atoms with van der Waals surface area (Å²) in [6.45, 7) is 0. The van der Waals surface area contributed by atoms with Crippen LogP contribution in [0.15, 0.2) is 77.7 Å². The second-order valence-electron chi connectivity index (χ2n) is 5.45. The Morgan fingerprint density at radius 3 is 2.58 bits per heavy atom. The number of rotatable bonds is 4. The number of nitrogens with zero attached hydrogens (tertiary/aromatic N) is 3. The lowest BCUT2D eigenvalue weighted by molar-refractivity contribution is -0.384. The molecule has 0 fully saturated rings. The smallest absolute Gasteiger partial charge is 0.269 e. The molecule has 1 atom stereocenters. The summed E-state index contributed by atoms with van der Waals surface area (Å²) in [7, 11) is 0. The van der Waals surface area contributed by atoms with Crippen molar-refractivity contribution in [2.45, 2.75) is 6.04 Å². The second kappa shape index (κ2) is 5.66. The molecule has 0 N–H and O–H groups in total. The summed E-state index contributed by atoms with van der Waals surface area (Å²) in [4.78, 5) is 14.6. The third kappa shape index (κ3) is 2.44. The molecular formula is C18H13N3O3. The number of furan rings is 1. The summed E-state index contributed by atoms with van der Waals surface area (Å²) in [5.74, 6) is 0.753. The van der Waals surface area contributed by atoms with Crippen LogP contribution in [-0.2, 0) is 0 Å². The van der Waals surface area contributed by atoms with E-state index >= 15 is 0 Å². The van der Waals surface area contributed by atoms with E-state index in [2.05, 4.69) is 4.98 Å². The van der Waals surface area contributed by atoms with Gasteiger partial charge in [0.1, 0.15) is 17.4 Å². The van der Waals surface area contributed by atoms with Gasteiger partial charge in [-0.1, -0.05) is 18.2 Å². The normalized spacial score (nSPS) is 12.3. The Balaban J connectivity index is 1.84. The number of imidazole rings is 1. The lowest BCUT2D eigenvalue weighted by atomic mass is 10.0. The predicted molar refractivity (Wildman–Crippen MR) is 88.8 cm³/mol. The van der Waals surface area contributed by atoms with Crippen molar-refractivity contribution >= 4 is 16.7 Å². The van der Waals surface area contributed by atoms with Gasteiger partial charge in [-0.2, -0.15) is 0 Å². The fraction of sp³-hybridized carbons (Fsp3) is 0.0556. The predicted octanol–water partition coefficient (Wildman–Crippen LogP) is 4.18. The summed E-state index contributed by atoms with van der Waals surface area (Å²) in [5.41, 5.74) is 1.75. The zero-order valence-corrected chi connectivity index (χ0v) is 12.6. The summed E-state index contributed by atoms with van der Waals surface area (Å²) >= 11 is 0. The van der Waals surface area contributed by atoms with Crippen LogP contribution in [-0.4, -0.2) is 14.5 Å². The molecule has 2 aromatic carbocycles. The molecule has 4 aromatic rings. The van der Waals surface area contributed by atoms with Gasteiger partial charge in [0.25, 0.3) is 5.69 Å². The van der Waals surface area contributed by atoms with E-state index in [0.29, 0.717) is 0 Å². The van der Waals surface area contributed by atoms with Crippen LogP contribution < -0.4 is 0 Å². The average Bonchev–Trinajstić information content (AvgIpc) is 3.25. The van der Waals surface area contributed by atoms with Crippen molar-refractivity contribution in [2.24, 2.45) is 0 Å². The van der Waals surface area contributed by atoms with Crippen LogP contribution in [0.2, 0.25) is 0 Å². The molecule has 2 aromatic heterocycles. The van der Waals surface area contributed by atoms with E-state index in [1.807, 2.05) is 41.1 Å². The highest BCUT2D eigenvalue weighted by Crippen LogP contribution is 2.32. The Labute approximate surface area is 137 Å².